The lowest BCUT2D eigenvalue weighted by atomic mass is 9.81. The molecule has 1 N–H and O–H groups in total. The van der Waals surface area contributed by atoms with Crippen LogP contribution in [0, 0.1) is 11.8 Å². The molecule has 26 heavy (non-hydrogen) atoms. The molecule has 1 aromatic heterocycles. The minimum Gasteiger partial charge on any atom is -0.467 e. The zero-order chi connectivity index (χ0) is 18.5. The zero-order valence-electron chi connectivity index (χ0n) is 15.3. The molecule has 1 aliphatic heterocycles. The highest BCUT2D eigenvalue weighted by Gasteiger charge is 2.33. The summed E-state index contributed by atoms with van der Waals surface area (Å²) in [7, 11) is 0. The standard InChI is InChI=1S/C19H27N3O4/c1-14(23)21-8-10-22(11-9-21)19(25)16-6-4-15(5-7-16)18(24)20-13-17-3-2-12-26-17/h2-3,12,15-16H,4-11,13H2,1H3,(H,20,24). The molecule has 142 valence electrons. The lowest BCUT2D eigenvalue weighted by Crippen LogP contribution is -2.51. The molecule has 1 aliphatic carbocycles. The summed E-state index contributed by atoms with van der Waals surface area (Å²) in [5, 5.41) is 2.91. The summed E-state index contributed by atoms with van der Waals surface area (Å²) in [5.74, 6) is 1.02. The van der Waals surface area contributed by atoms with Crippen molar-refractivity contribution in [2.45, 2.75) is 39.2 Å². The molecular weight excluding hydrogens is 334 g/mol. The number of rotatable bonds is 4. The molecule has 0 spiro atoms. The first-order valence-corrected chi connectivity index (χ1v) is 9.39. The first kappa shape index (κ1) is 18.5. The Morgan fingerprint density at radius 3 is 2.23 bits per heavy atom. The van der Waals surface area contributed by atoms with Gasteiger partial charge >= 0.3 is 0 Å². The summed E-state index contributed by atoms with van der Waals surface area (Å²) in [4.78, 5) is 40.0. The topological polar surface area (TPSA) is 82.9 Å². The van der Waals surface area contributed by atoms with Gasteiger partial charge in [-0.3, -0.25) is 14.4 Å². The third kappa shape index (κ3) is 4.45. The first-order chi connectivity index (χ1) is 12.5. The molecule has 0 unspecified atom stereocenters. The van der Waals surface area contributed by atoms with E-state index in [9.17, 15) is 14.4 Å². The van der Waals surface area contributed by atoms with E-state index in [1.54, 1.807) is 24.2 Å². The average Bonchev–Trinajstić information content (AvgIpc) is 3.19. The largest absolute Gasteiger partial charge is 0.467 e. The number of nitrogens with zero attached hydrogens (tertiary/aromatic N) is 2. The molecule has 1 saturated heterocycles. The van der Waals surface area contributed by atoms with Crippen molar-refractivity contribution in [1.82, 2.24) is 15.1 Å². The number of nitrogens with one attached hydrogen (secondary N) is 1. The maximum atomic E-state index is 12.7. The van der Waals surface area contributed by atoms with E-state index >= 15 is 0 Å². The minimum absolute atomic E-state index is 0.00741. The fraction of sp³-hybridized carbons (Fsp3) is 0.632. The van der Waals surface area contributed by atoms with Gasteiger partial charge in [0.15, 0.2) is 0 Å². The van der Waals surface area contributed by atoms with Gasteiger partial charge < -0.3 is 19.5 Å². The summed E-state index contributed by atoms with van der Waals surface area (Å²) in [5.41, 5.74) is 0. The van der Waals surface area contributed by atoms with Gasteiger partial charge in [-0.2, -0.15) is 0 Å². The van der Waals surface area contributed by atoms with E-state index in [1.807, 2.05) is 11.0 Å². The van der Waals surface area contributed by atoms with E-state index in [0.29, 0.717) is 32.7 Å². The van der Waals surface area contributed by atoms with Gasteiger partial charge in [-0.05, 0) is 37.8 Å². The van der Waals surface area contributed by atoms with Crippen molar-refractivity contribution in [1.29, 1.82) is 0 Å². The summed E-state index contributed by atoms with van der Waals surface area (Å²) in [6, 6.07) is 3.64. The molecule has 0 atom stereocenters. The maximum Gasteiger partial charge on any atom is 0.225 e. The van der Waals surface area contributed by atoms with Crippen molar-refractivity contribution in [2.24, 2.45) is 11.8 Å². The van der Waals surface area contributed by atoms with Gasteiger partial charge in [0.2, 0.25) is 17.7 Å². The molecule has 1 aromatic rings. The summed E-state index contributed by atoms with van der Waals surface area (Å²) in [6.45, 7) is 4.43. The Kier molecular flexibility index (Phi) is 5.96. The Balaban J connectivity index is 1.41. The third-order valence-electron chi connectivity index (χ3n) is 5.50. The van der Waals surface area contributed by atoms with Gasteiger partial charge in [0, 0.05) is 44.9 Å². The summed E-state index contributed by atoms with van der Waals surface area (Å²) < 4.78 is 5.22. The molecule has 3 rings (SSSR count). The van der Waals surface area contributed by atoms with Crippen molar-refractivity contribution in [3.63, 3.8) is 0 Å². The van der Waals surface area contributed by atoms with Crippen LogP contribution >= 0.6 is 0 Å². The molecule has 7 heteroatoms. The second-order valence-electron chi connectivity index (χ2n) is 7.18. The number of carbonyl (C=O) groups is 3. The summed E-state index contributed by atoms with van der Waals surface area (Å²) in [6.07, 6.45) is 4.59. The van der Waals surface area contributed by atoms with Crippen molar-refractivity contribution >= 4 is 17.7 Å². The van der Waals surface area contributed by atoms with Crippen LogP contribution in [0.25, 0.3) is 0 Å². The van der Waals surface area contributed by atoms with Crippen LogP contribution in [0.4, 0.5) is 0 Å². The highest BCUT2D eigenvalue weighted by Crippen LogP contribution is 2.30. The van der Waals surface area contributed by atoms with Crippen molar-refractivity contribution < 1.29 is 18.8 Å². The second-order valence-corrected chi connectivity index (χ2v) is 7.18. The van der Waals surface area contributed by atoms with Gasteiger partial charge in [-0.25, -0.2) is 0 Å². The second kappa shape index (κ2) is 8.38. The molecule has 7 nitrogen and oxygen atoms in total. The predicted octanol–water partition coefficient (Wildman–Crippen LogP) is 1.39. The molecule has 2 aliphatic rings. The lowest BCUT2D eigenvalue weighted by molar-refractivity contribution is -0.143. The Hall–Kier alpha value is -2.31. The van der Waals surface area contributed by atoms with Crippen LogP contribution in [-0.2, 0) is 20.9 Å². The first-order valence-electron chi connectivity index (χ1n) is 9.39. The monoisotopic (exact) mass is 361 g/mol. The number of carbonyl (C=O) groups excluding carboxylic acids is 3. The van der Waals surface area contributed by atoms with Crippen LogP contribution in [0.2, 0.25) is 0 Å². The van der Waals surface area contributed by atoms with Crippen LogP contribution in [0.1, 0.15) is 38.4 Å². The van der Waals surface area contributed by atoms with Crippen LogP contribution in [-0.4, -0.2) is 53.7 Å². The van der Waals surface area contributed by atoms with Gasteiger partial charge in [-0.15, -0.1) is 0 Å². The molecule has 0 aromatic carbocycles. The molecule has 3 amide bonds. The Morgan fingerprint density at radius 1 is 1.04 bits per heavy atom. The molecule has 0 radical (unpaired) electrons. The van der Waals surface area contributed by atoms with Crippen LogP contribution in [0.3, 0.4) is 0 Å². The van der Waals surface area contributed by atoms with E-state index in [4.69, 9.17) is 4.42 Å². The number of furan rings is 1. The van der Waals surface area contributed by atoms with E-state index in [2.05, 4.69) is 5.32 Å². The average molecular weight is 361 g/mol. The number of hydrogen-bond acceptors (Lipinski definition) is 4. The van der Waals surface area contributed by atoms with Crippen molar-refractivity contribution in [3.8, 4) is 0 Å². The van der Waals surface area contributed by atoms with Crippen LogP contribution in [0.15, 0.2) is 22.8 Å². The van der Waals surface area contributed by atoms with E-state index < -0.39 is 0 Å². The molecule has 2 fully saturated rings. The normalized spacial score (nSPS) is 23.6. The van der Waals surface area contributed by atoms with Crippen molar-refractivity contribution in [3.05, 3.63) is 24.2 Å². The minimum atomic E-state index is -0.0245. The highest BCUT2D eigenvalue weighted by atomic mass is 16.3. The van der Waals surface area contributed by atoms with Crippen LogP contribution in [0.5, 0.6) is 0 Å². The van der Waals surface area contributed by atoms with Crippen LogP contribution < -0.4 is 5.32 Å². The van der Waals surface area contributed by atoms with Gasteiger partial charge in [0.05, 0.1) is 12.8 Å². The quantitative estimate of drug-likeness (QED) is 0.879. The number of hydrogen-bond donors (Lipinski definition) is 1. The smallest absolute Gasteiger partial charge is 0.225 e. The van der Waals surface area contributed by atoms with Crippen molar-refractivity contribution in [2.75, 3.05) is 26.2 Å². The lowest BCUT2D eigenvalue weighted by Gasteiger charge is -2.37. The van der Waals surface area contributed by atoms with Gasteiger partial charge in [0.1, 0.15) is 5.76 Å². The SMILES string of the molecule is CC(=O)N1CCN(C(=O)C2CCC(C(=O)NCc3ccco3)CC2)CC1. The van der Waals surface area contributed by atoms with E-state index in [1.165, 1.54) is 0 Å². The fourth-order valence-corrected chi connectivity index (χ4v) is 3.83. The molecule has 2 heterocycles. The Bertz CT molecular complexity index is 627. The Morgan fingerprint density at radius 2 is 1.65 bits per heavy atom. The Labute approximate surface area is 153 Å². The van der Waals surface area contributed by atoms with Gasteiger partial charge in [0.25, 0.3) is 0 Å². The highest BCUT2D eigenvalue weighted by molar-refractivity contribution is 5.81. The predicted molar refractivity (Wildman–Crippen MR) is 94.8 cm³/mol. The third-order valence-corrected chi connectivity index (χ3v) is 5.50. The van der Waals surface area contributed by atoms with E-state index in [-0.39, 0.29) is 29.6 Å². The molecule has 0 bridgehead atoms. The number of piperazine rings is 1. The molecule has 1 saturated carbocycles. The fourth-order valence-electron chi connectivity index (χ4n) is 3.83. The maximum absolute atomic E-state index is 12.7. The summed E-state index contributed by atoms with van der Waals surface area (Å²) >= 11 is 0. The number of amides is 3. The zero-order valence-corrected chi connectivity index (χ0v) is 15.3. The van der Waals surface area contributed by atoms with E-state index in [0.717, 1.165) is 31.4 Å². The van der Waals surface area contributed by atoms with Gasteiger partial charge in [-0.1, -0.05) is 0 Å². The molecular formula is C19H27N3O4.